The number of rotatable bonds is 7. The molecule has 3 rings (SSSR count). The molecule has 30 heavy (non-hydrogen) atoms. The van der Waals surface area contributed by atoms with Crippen LogP contribution in [-0.4, -0.2) is 37.3 Å². The van der Waals surface area contributed by atoms with Gasteiger partial charge in [-0.25, -0.2) is 5.43 Å². The highest BCUT2D eigenvalue weighted by atomic mass is 35.5. The zero-order valence-corrected chi connectivity index (χ0v) is 17.6. The largest absolute Gasteiger partial charge is 0.489 e. The van der Waals surface area contributed by atoms with Crippen molar-refractivity contribution in [3.63, 3.8) is 0 Å². The summed E-state index contributed by atoms with van der Waals surface area (Å²) in [6.45, 7) is 1.36. The molecule has 0 aromatic heterocycles. The average molecular weight is 450 g/mol. The maximum Gasteiger partial charge on any atom is 0.329 e. The van der Waals surface area contributed by atoms with Crippen LogP contribution in [0.2, 0.25) is 10.0 Å². The van der Waals surface area contributed by atoms with E-state index in [9.17, 15) is 9.59 Å². The monoisotopic (exact) mass is 449 g/mol. The Bertz CT molecular complexity index is 913. The summed E-state index contributed by atoms with van der Waals surface area (Å²) in [6.07, 6.45) is 3.26. The lowest BCUT2D eigenvalue weighted by Gasteiger charge is -2.09. The molecule has 2 aromatic carbocycles. The van der Waals surface area contributed by atoms with E-state index in [-0.39, 0.29) is 6.10 Å². The van der Waals surface area contributed by atoms with Gasteiger partial charge in [0.25, 0.3) is 0 Å². The summed E-state index contributed by atoms with van der Waals surface area (Å²) in [5, 5.41) is 7.31. The van der Waals surface area contributed by atoms with E-state index in [1.807, 2.05) is 6.07 Å². The van der Waals surface area contributed by atoms with Gasteiger partial charge in [0.2, 0.25) is 0 Å². The van der Waals surface area contributed by atoms with Crippen LogP contribution in [0.5, 0.6) is 5.75 Å². The van der Waals surface area contributed by atoms with Crippen molar-refractivity contribution in [2.75, 3.05) is 13.2 Å². The van der Waals surface area contributed by atoms with Gasteiger partial charge in [0.05, 0.1) is 22.4 Å². The van der Waals surface area contributed by atoms with E-state index in [2.05, 4.69) is 15.8 Å². The number of carbonyl (C=O) groups excluding carboxylic acids is 2. The smallest absolute Gasteiger partial charge is 0.329 e. The van der Waals surface area contributed by atoms with Crippen molar-refractivity contribution < 1.29 is 19.1 Å². The second-order valence-electron chi connectivity index (χ2n) is 6.65. The standard InChI is InChI=1S/C21H21Cl2N3O4/c22-18-8-5-15(10-19(18)23)13-30-16-6-3-14(4-7-16)11-25-26-21(28)20(27)24-12-17-2-1-9-29-17/h3-8,10-11,17H,1-2,9,12-13H2,(H,24,27)(H,26,28)/b25-11-/t17-/m0/s1. The van der Waals surface area contributed by atoms with E-state index in [0.29, 0.717) is 35.6 Å². The molecule has 0 unspecified atom stereocenters. The van der Waals surface area contributed by atoms with Crippen LogP contribution in [0.4, 0.5) is 0 Å². The molecule has 1 heterocycles. The number of halogens is 2. The van der Waals surface area contributed by atoms with Crippen molar-refractivity contribution in [3.05, 3.63) is 63.6 Å². The molecule has 2 aromatic rings. The van der Waals surface area contributed by atoms with E-state index in [0.717, 1.165) is 24.0 Å². The van der Waals surface area contributed by atoms with Crippen molar-refractivity contribution in [2.24, 2.45) is 5.10 Å². The predicted octanol–water partition coefficient (Wildman–Crippen LogP) is 3.32. The molecule has 0 bridgehead atoms. The highest BCUT2D eigenvalue weighted by molar-refractivity contribution is 6.42. The molecule has 158 valence electrons. The van der Waals surface area contributed by atoms with Crippen molar-refractivity contribution in [1.82, 2.24) is 10.7 Å². The van der Waals surface area contributed by atoms with Gasteiger partial charge in [0.1, 0.15) is 12.4 Å². The maximum atomic E-state index is 11.7. The minimum atomic E-state index is -0.828. The third-order valence-electron chi connectivity index (χ3n) is 4.37. The van der Waals surface area contributed by atoms with Gasteiger partial charge in [-0.05, 0) is 60.4 Å². The summed E-state index contributed by atoms with van der Waals surface area (Å²) in [6, 6.07) is 12.4. The first-order valence-electron chi connectivity index (χ1n) is 9.41. The third-order valence-corrected chi connectivity index (χ3v) is 5.11. The Labute approximate surface area is 184 Å². The number of ether oxygens (including phenoxy) is 2. The topological polar surface area (TPSA) is 89.0 Å². The number of hydrogen-bond acceptors (Lipinski definition) is 5. The number of amides is 2. The Balaban J connectivity index is 1.41. The molecular weight excluding hydrogens is 429 g/mol. The van der Waals surface area contributed by atoms with Crippen LogP contribution in [0.3, 0.4) is 0 Å². The van der Waals surface area contributed by atoms with Crippen molar-refractivity contribution in [3.8, 4) is 5.75 Å². The van der Waals surface area contributed by atoms with Crippen molar-refractivity contribution >= 4 is 41.2 Å². The lowest BCUT2D eigenvalue weighted by Crippen LogP contribution is -2.41. The van der Waals surface area contributed by atoms with Crippen LogP contribution in [0.15, 0.2) is 47.6 Å². The fourth-order valence-electron chi connectivity index (χ4n) is 2.75. The number of nitrogens with zero attached hydrogens (tertiary/aromatic N) is 1. The lowest BCUT2D eigenvalue weighted by atomic mass is 10.2. The fourth-order valence-corrected chi connectivity index (χ4v) is 3.08. The number of nitrogens with one attached hydrogen (secondary N) is 2. The van der Waals surface area contributed by atoms with E-state index in [4.69, 9.17) is 32.7 Å². The van der Waals surface area contributed by atoms with Gasteiger partial charge in [-0.1, -0.05) is 29.3 Å². The summed E-state index contributed by atoms with van der Waals surface area (Å²) < 4.78 is 11.1. The van der Waals surface area contributed by atoms with E-state index < -0.39 is 11.8 Å². The van der Waals surface area contributed by atoms with Gasteiger partial charge < -0.3 is 14.8 Å². The number of carbonyl (C=O) groups is 2. The van der Waals surface area contributed by atoms with Crippen molar-refractivity contribution in [2.45, 2.75) is 25.6 Å². The molecule has 0 saturated carbocycles. The Hall–Kier alpha value is -2.61. The van der Waals surface area contributed by atoms with Gasteiger partial charge in [0, 0.05) is 13.2 Å². The zero-order chi connectivity index (χ0) is 21.3. The summed E-state index contributed by atoms with van der Waals surface area (Å²) in [4.78, 5) is 23.5. The molecule has 2 N–H and O–H groups in total. The summed E-state index contributed by atoms with van der Waals surface area (Å²) in [5.74, 6) is -0.907. The minimum absolute atomic E-state index is 0.0253. The van der Waals surface area contributed by atoms with Gasteiger partial charge in [0.15, 0.2) is 0 Å². The van der Waals surface area contributed by atoms with Gasteiger partial charge >= 0.3 is 11.8 Å². The molecule has 2 amide bonds. The highest BCUT2D eigenvalue weighted by Crippen LogP contribution is 2.23. The molecular formula is C21H21Cl2N3O4. The molecule has 7 nitrogen and oxygen atoms in total. The molecule has 0 aliphatic carbocycles. The molecule has 1 saturated heterocycles. The second-order valence-corrected chi connectivity index (χ2v) is 7.46. The van der Waals surface area contributed by atoms with E-state index in [1.54, 1.807) is 36.4 Å². The summed E-state index contributed by atoms with van der Waals surface area (Å²) >= 11 is 11.9. The van der Waals surface area contributed by atoms with Crippen molar-refractivity contribution in [1.29, 1.82) is 0 Å². The fraction of sp³-hybridized carbons (Fsp3) is 0.286. The SMILES string of the molecule is O=C(NC[C@@H]1CCCO1)C(=O)N/N=C\c1ccc(OCc2ccc(Cl)c(Cl)c2)cc1. The maximum absolute atomic E-state index is 11.7. The Kier molecular flexibility index (Phi) is 8.07. The van der Waals surface area contributed by atoms with E-state index in [1.165, 1.54) is 6.21 Å². The lowest BCUT2D eigenvalue weighted by molar-refractivity contribution is -0.139. The van der Waals surface area contributed by atoms with Crippen LogP contribution in [0, 0.1) is 0 Å². The predicted molar refractivity (Wildman–Crippen MR) is 115 cm³/mol. The molecule has 1 atom stereocenters. The number of benzene rings is 2. The minimum Gasteiger partial charge on any atom is -0.489 e. The molecule has 1 fully saturated rings. The van der Waals surface area contributed by atoms with Crippen LogP contribution in [0.25, 0.3) is 0 Å². The van der Waals surface area contributed by atoms with Crippen LogP contribution >= 0.6 is 23.2 Å². The second kappa shape index (κ2) is 11.0. The Morgan fingerprint density at radius 2 is 1.93 bits per heavy atom. The first kappa shape index (κ1) is 22.1. The molecule has 0 radical (unpaired) electrons. The highest BCUT2D eigenvalue weighted by Gasteiger charge is 2.18. The van der Waals surface area contributed by atoms with Crippen LogP contribution < -0.4 is 15.5 Å². The first-order valence-corrected chi connectivity index (χ1v) is 10.2. The van der Waals surface area contributed by atoms with Crippen LogP contribution in [0.1, 0.15) is 24.0 Å². The molecule has 9 heteroatoms. The van der Waals surface area contributed by atoms with Gasteiger partial charge in [-0.2, -0.15) is 5.10 Å². The molecule has 1 aliphatic heterocycles. The van der Waals surface area contributed by atoms with Crippen LogP contribution in [-0.2, 0) is 20.9 Å². The first-order chi connectivity index (χ1) is 14.5. The quantitative estimate of drug-likeness (QED) is 0.385. The third kappa shape index (κ3) is 6.73. The number of hydrogen-bond donors (Lipinski definition) is 2. The van der Waals surface area contributed by atoms with Gasteiger partial charge in [-0.15, -0.1) is 0 Å². The number of hydrazone groups is 1. The average Bonchev–Trinajstić information content (AvgIpc) is 3.27. The molecule has 1 aliphatic rings. The summed E-state index contributed by atoms with van der Waals surface area (Å²) in [5.41, 5.74) is 3.83. The molecule has 0 spiro atoms. The summed E-state index contributed by atoms with van der Waals surface area (Å²) in [7, 11) is 0. The Morgan fingerprint density at radius 1 is 1.13 bits per heavy atom. The normalized spacial score (nSPS) is 15.9. The van der Waals surface area contributed by atoms with Gasteiger partial charge in [-0.3, -0.25) is 9.59 Å². The Morgan fingerprint density at radius 3 is 2.63 bits per heavy atom. The van der Waals surface area contributed by atoms with E-state index >= 15 is 0 Å². The zero-order valence-electron chi connectivity index (χ0n) is 16.1.